The number of rotatable bonds is 4. The van der Waals surface area contributed by atoms with E-state index in [2.05, 4.69) is 140 Å². The molecule has 7 aromatic carbocycles. The van der Waals surface area contributed by atoms with Gasteiger partial charge in [0.2, 0.25) is 5.95 Å². The van der Waals surface area contributed by atoms with Gasteiger partial charge in [0.1, 0.15) is 11.2 Å². The Morgan fingerprint density at radius 1 is 0.453 bits per heavy atom. The minimum atomic E-state index is -0.118. The number of benzene rings is 7. The molecule has 0 aliphatic heterocycles. The minimum absolute atomic E-state index is 0.118. The van der Waals surface area contributed by atoms with Crippen LogP contribution >= 0.6 is 0 Å². The average molecular weight is 681 g/mol. The molecule has 1 aliphatic rings. The number of para-hydroxylation sites is 2. The first-order valence-corrected chi connectivity index (χ1v) is 18.0. The molecule has 1 aliphatic carbocycles. The van der Waals surface area contributed by atoms with Crippen LogP contribution in [0.15, 0.2) is 162 Å². The summed E-state index contributed by atoms with van der Waals surface area (Å²) in [6.45, 7) is 4.66. The van der Waals surface area contributed by atoms with E-state index in [-0.39, 0.29) is 5.41 Å². The second-order valence-corrected chi connectivity index (χ2v) is 14.4. The molecule has 0 amide bonds. The zero-order chi connectivity index (χ0) is 35.3. The summed E-state index contributed by atoms with van der Waals surface area (Å²) in [4.78, 5) is 15.9. The summed E-state index contributed by atoms with van der Waals surface area (Å²) in [6.07, 6.45) is 0. The summed E-state index contributed by atoms with van der Waals surface area (Å²) >= 11 is 0. The topological polar surface area (TPSA) is 56.7 Å². The fourth-order valence-corrected chi connectivity index (χ4v) is 8.52. The van der Waals surface area contributed by atoms with Crippen LogP contribution in [0.4, 0.5) is 0 Å². The van der Waals surface area contributed by atoms with Gasteiger partial charge in [0, 0.05) is 38.1 Å². The van der Waals surface area contributed by atoms with Gasteiger partial charge in [-0.15, -0.1) is 0 Å². The molecular weight excluding hydrogens is 649 g/mol. The van der Waals surface area contributed by atoms with Crippen LogP contribution in [0.3, 0.4) is 0 Å². The van der Waals surface area contributed by atoms with Gasteiger partial charge in [0.25, 0.3) is 0 Å². The molecule has 250 valence electrons. The Hall–Kier alpha value is -6.85. The molecule has 0 radical (unpaired) electrons. The minimum Gasteiger partial charge on any atom is -0.456 e. The molecule has 3 aromatic heterocycles. The SMILES string of the molecule is CC1(C)c2ccccc2-c2cc3c(cc21)c1ccccc1n3-c1nc(-c2cccc(-c3ccccc3)c2)nc(-c2cccc3oc4ccccc4c23)n1. The number of nitrogens with zero attached hydrogens (tertiary/aromatic N) is 4. The van der Waals surface area contributed by atoms with Crippen molar-refractivity contribution in [3.8, 4) is 51.0 Å². The van der Waals surface area contributed by atoms with Crippen LogP contribution < -0.4 is 0 Å². The third-order valence-corrected chi connectivity index (χ3v) is 11.1. The van der Waals surface area contributed by atoms with Gasteiger partial charge in [-0.05, 0) is 69.8 Å². The van der Waals surface area contributed by atoms with Gasteiger partial charge in [-0.3, -0.25) is 4.57 Å². The molecule has 0 atom stereocenters. The Morgan fingerprint density at radius 2 is 1.13 bits per heavy atom. The number of fused-ring (bicyclic) bond motifs is 9. The van der Waals surface area contributed by atoms with Crippen LogP contribution in [-0.4, -0.2) is 19.5 Å². The first kappa shape index (κ1) is 29.8. The highest BCUT2D eigenvalue weighted by atomic mass is 16.3. The highest BCUT2D eigenvalue weighted by molar-refractivity contribution is 6.13. The zero-order valence-corrected chi connectivity index (χ0v) is 29.2. The lowest BCUT2D eigenvalue weighted by atomic mass is 9.82. The van der Waals surface area contributed by atoms with E-state index in [1.54, 1.807) is 0 Å². The van der Waals surface area contributed by atoms with E-state index in [0.29, 0.717) is 17.6 Å². The predicted octanol–water partition coefficient (Wildman–Crippen LogP) is 12.2. The monoisotopic (exact) mass is 680 g/mol. The van der Waals surface area contributed by atoms with Crippen molar-refractivity contribution in [3.05, 3.63) is 169 Å². The van der Waals surface area contributed by atoms with Crippen molar-refractivity contribution in [2.75, 3.05) is 0 Å². The van der Waals surface area contributed by atoms with Crippen LogP contribution in [-0.2, 0) is 5.41 Å². The van der Waals surface area contributed by atoms with E-state index in [0.717, 1.165) is 60.6 Å². The summed E-state index contributed by atoms with van der Waals surface area (Å²) in [5.74, 6) is 1.76. The molecule has 53 heavy (non-hydrogen) atoms. The predicted molar refractivity (Wildman–Crippen MR) is 215 cm³/mol. The largest absolute Gasteiger partial charge is 0.456 e. The lowest BCUT2D eigenvalue weighted by Gasteiger charge is -2.21. The Morgan fingerprint density at radius 3 is 2.04 bits per heavy atom. The van der Waals surface area contributed by atoms with Crippen LogP contribution in [0.2, 0.25) is 0 Å². The Bertz CT molecular complexity index is 3100. The molecule has 0 saturated carbocycles. The third-order valence-electron chi connectivity index (χ3n) is 11.1. The van der Waals surface area contributed by atoms with Crippen molar-refractivity contribution in [3.63, 3.8) is 0 Å². The van der Waals surface area contributed by atoms with E-state index in [4.69, 9.17) is 19.4 Å². The first-order valence-electron chi connectivity index (χ1n) is 18.0. The number of aromatic nitrogens is 4. The number of furan rings is 1. The molecule has 0 unspecified atom stereocenters. The average Bonchev–Trinajstić information content (AvgIpc) is 3.83. The molecule has 0 fully saturated rings. The molecule has 3 heterocycles. The number of hydrogen-bond acceptors (Lipinski definition) is 4. The van der Waals surface area contributed by atoms with Gasteiger partial charge in [-0.1, -0.05) is 135 Å². The summed E-state index contributed by atoms with van der Waals surface area (Å²) in [7, 11) is 0. The van der Waals surface area contributed by atoms with Crippen LogP contribution in [0.1, 0.15) is 25.0 Å². The second kappa shape index (κ2) is 11.1. The molecule has 5 nitrogen and oxygen atoms in total. The van der Waals surface area contributed by atoms with Gasteiger partial charge in [0.15, 0.2) is 11.6 Å². The van der Waals surface area contributed by atoms with E-state index < -0.39 is 0 Å². The van der Waals surface area contributed by atoms with E-state index in [9.17, 15) is 0 Å². The molecule has 5 heteroatoms. The quantitative estimate of drug-likeness (QED) is 0.186. The zero-order valence-electron chi connectivity index (χ0n) is 29.2. The maximum Gasteiger partial charge on any atom is 0.238 e. The van der Waals surface area contributed by atoms with Gasteiger partial charge in [-0.25, -0.2) is 4.98 Å². The van der Waals surface area contributed by atoms with E-state index in [1.165, 1.54) is 27.6 Å². The Kier molecular flexibility index (Phi) is 6.23. The van der Waals surface area contributed by atoms with Crippen LogP contribution in [0.5, 0.6) is 0 Å². The van der Waals surface area contributed by atoms with Gasteiger partial charge in [0.05, 0.1) is 11.0 Å². The van der Waals surface area contributed by atoms with Gasteiger partial charge < -0.3 is 4.42 Å². The summed E-state index contributed by atoms with van der Waals surface area (Å²) in [6, 6.07) is 55.3. The molecule has 10 aromatic rings. The molecule has 0 saturated heterocycles. The van der Waals surface area contributed by atoms with Crippen LogP contribution in [0.25, 0.3) is 94.7 Å². The maximum atomic E-state index is 6.32. The van der Waals surface area contributed by atoms with E-state index >= 15 is 0 Å². The molecule has 11 rings (SSSR count). The molecule has 0 N–H and O–H groups in total. The molecule has 0 spiro atoms. The van der Waals surface area contributed by atoms with Crippen molar-refractivity contribution in [2.24, 2.45) is 0 Å². The van der Waals surface area contributed by atoms with Gasteiger partial charge in [-0.2, -0.15) is 9.97 Å². The smallest absolute Gasteiger partial charge is 0.238 e. The Balaban J connectivity index is 1.22. The summed E-state index contributed by atoms with van der Waals surface area (Å²) < 4.78 is 8.55. The van der Waals surface area contributed by atoms with Crippen molar-refractivity contribution in [1.29, 1.82) is 0 Å². The van der Waals surface area contributed by atoms with Crippen molar-refractivity contribution < 1.29 is 4.42 Å². The van der Waals surface area contributed by atoms with Gasteiger partial charge >= 0.3 is 0 Å². The lowest BCUT2D eigenvalue weighted by Crippen LogP contribution is -2.14. The second-order valence-electron chi connectivity index (χ2n) is 14.4. The highest BCUT2D eigenvalue weighted by Gasteiger charge is 2.36. The first-order chi connectivity index (χ1) is 26.0. The molecular formula is C48H32N4O. The van der Waals surface area contributed by atoms with Crippen LogP contribution in [0, 0.1) is 0 Å². The number of hydrogen-bond donors (Lipinski definition) is 0. The fourth-order valence-electron chi connectivity index (χ4n) is 8.52. The standard InChI is InChI=1S/C48H32N4O/c1-48(2)38-22-9-6-18-32(38)36-28-41-37(27-39(36)48)33-19-7-10-23-40(33)52(41)47-50-45(31-17-12-16-30(26-31)29-14-4-3-5-15-29)49-46(51-47)35-21-13-25-43-44(35)34-20-8-11-24-42(34)53-43/h3-28H,1-2H3. The highest BCUT2D eigenvalue weighted by Crippen LogP contribution is 2.51. The lowest BCUT2D eigenvalue weighted by molar-refractivity contribution is 0.661. The summed E-state index contributed by atoms with van der Waals surface area (Å²) in [5.41, 5.74) is 12.9. The Labute approximate surface area is 305 Å². The van der Waals surface area contributed by atoms with E-state index in [1.807, 2.05) is 36.4 Å². The third kappa shape index (κ3) is 4.40. The van der Waals surface area contributed by atoms with Crippen molar-refractivity contribution in [2.45, 2.75) is 19.3 Å². The fraction of sp³-hybridized carbons (Fsp3) is 0.0625. The van der Waals surface area contributed by atoms with Crippen molar-refractivity contribution >= 4 is 43.7 Å². The molecule has 0 bridgehead atoms. The normalized spacial score (nSPS) is 13.2. The maximum absolute atomic E-state index is 6.32. The summed E-state index contributed by atoms with van der Waals surface area (Å²) in [5, 5.41) is 4.36. The van der Waals surface area contributed by atoms with Crippen molar-refractivity contribution in [1.82, 2.24) is 19.5 Å².